The van der Waals surface area contributed by atoms with Crippen molar-refractivity contribution in [3.05, 3.63) is 11.6 Å². The zero-order chi connectivity index (χ0) is 9.40. The smallest absolute Gasteiger partial charge is 0.328 e. The van der Waals surface area contributed by atoms with Gasteiger partial charge in [0, 0.05) is 6.08 Å². The molecule has 1 aliphatic rings. The molecule has 12 heavy (non-hydrogen) atoms. The topological polar surface area (TPSA) is 37.3 Å². The van der Waals surface area contributed by atoms with Gasteiger partial charge < -0.3 is 5.11 Å². The number of carboxylic acid groups (broad SMARTS) is 1. The Morgan fingerprint density at radius 2 is 1.75 bits per heavy atom. The lowest BCUT2D eigenvalue weighted by Gasteiger charge is -2.11. The molecule has 1 aliphatic carbocycles. The second-order valence-corrected chi connectivity index (χ2v) is 2.70. The average molecular weight is 170 g/mol. The second-order valence-electron chi connectivity index (χ2n) is 2.70. The molecule has 0 radical (unpaired) electrons. The summed E-state index contributed by atoms with van der Waals surface area (Å²) in [6.07, 6.45) is 6.94. The summed E-state index contributed by atoms with van der Waals surface area (Å²) in [6, 6.07) is 0. The van der Waals surface area contributed by atoms with Crippen molar-refractivity contribution in [2.24, 2.45) is 0 Å². The van der Waals surface area contributed by atoms with Crippen LogP contribution in [0.3, 0.4) is 0 Å². The Morgan fingerprint density at radius 3 is 2.17 bits per heavy atom. The molecule has 1 fully saturated rings. The molecular weight excluding hydrogens is 152 g/mol. The zero-order valence-corrected chi connectivity index (χ0v) is 7.97. The number of aliphatic carboxylic acids is 1. The van der Waals surface area contributed by atoms with E-state index >= 15 is 0 Å². The Kier molecular flexibility index (Phi) is 6.44. The molecule has 0 amide bonds. The molecule has 2 nitrogen and oxygen atoms in total. The van der Waals surface area contributed by atoms with E-state index in [-0.39, 0.29) is 0 Å². The molecule has 0 atom stereocenters. The number of rotatable bonds is 1. The predicted octanol–water partition coefficient (Wildman–Crippen LogP) is 2.99. The van der Waals surface area contributed by atoms with Gasteiger partial charge >= 0.3 is 5.97 Å². The Hall–Kier alpha value is -0.790. The molecule has 2 heteroatoms. The number of hydrogen-bond acceptors (Lipinski definition) is 1. The quantitative estimate of drug-likeness (QED) is 0.614. The van der Waals surface area contributed by atoms with E-state index in [2.05, 4.69) is 0 Å². The molecule has 0 saturated heterocycles. The highest BCUT2D eigenvalue weighted by Crippen LogP contribution is 2.22. The summed E-state index contributed by atoms with van der Waals surface area (Å²) in [6.45, 7) is 4.00. The molecule has 0 unspecified atom stereocenters. The third-order valence-electron chi connectivity index (χ3n) is 1.82. The average Bonchev–Trinajstić information content (AvgIpc) is 2.08. The van der Waals surface area contributed by atoms with E-state index in [0.717, 1.165) is 18.4 Å². The minimum absolute atomic E-state index is 0.795. The molecule has 0 aromatic heterocycles. The van der Waals surface area contributed by atoms with Crippen molar-refractivity contribution in [1.29, 1.82) is 0 Å². The first-order chi connectivity index (χ1) is 5.79. The highest BCUT2D eigenvalue weighted by Gasteiger charge is 2.05. The fourth-order valence-electron chi connectivity index (χ4n) is 1.32. The van der Waals surface area contributed by atoms with Gasteiger partial charge in [-0.2, -0.15) is 0 Å². The van der Waals surface area contributed by atoms with Crippen molar-refractivity contribution in [2.45, 2.75) is 46.0 Å². The van der Waals surface area contributed by atoms with Crippen LogP contribution in [-0.2, 0) is 4.79 Å². The van der Waals surface area contributed by atoms with Crippen molar-refractivity contribution in [2.75, 3.05) is 0 Å². The molecule has 0 heterocycles. The monoisotopic (exact) mass is 170 g/mol. The summed E-state index contributed by atoms with van der Waals surface area (Å²) in [5, 5.41) is 8.39. The minimum atomic E-state index is -0.795. The minimum Gasteiger partial charge on any atom is -0.478 e. The molecule has 1 rings (SSSR count). The number of allylic oxidation sites excluding steroid dienone is 1. The Labute approximate surface area is 74.3 Å². The maximum Gasteiger partial charge on any atom is 0.328 e. The lowest BCUT2D eigenvalue weighted by Crippen LogP contribution is -1.97. The molecule has 1 saturated carbocycles. The Bertz CT molecular complexity index is 151. The van der Waals surface area contributed by atoms with Crippen molar-refractivity contribution in [3.63, 3.8) is 0 Å². The Morgan fingerprint density at radius 1 is 1.25 bits per heavy atom. The predicted molar refractivity (Wildman–Crippen MR) is 50.2 cm³/mol. The number of carboxylic acids is 1. The third-order valence-corrected chi connectivity index (χ3v) is 1.82. The van der Waals surface area contributed by atoms with Gasteiger partial charge in [0.15, 0.2) is 0 Å². The molecule has 70 valence electrons. The first kappa shape index (κ1) is 11.2. The van der Waals surface area contributed by atoms with Crippen LogP contribution in [0.1, 0.15) is 46.0 Å². The van der Waals surface area contributed by atoms with Crippen LogP contribution in [0, 0.1) is 0 Å². The largest absolute Gasteiger partial charge is 0.478 e. The maximum absolute atomic E-state index is 10.2. The van der Waals surface area contributed by atoms with Crippen LogP contribution in [0.2, 0.25) is 0 Å². The van der Waals surface area contributed by atoms with Gasteiger partial charge in [-0.25, -0.2) is 4.79 Å². The van der Waals surface area contributed by atoms with Crippen LogP contribution in [0.5, 0.6) is 0 Å². The van der Waals surface area contributed by atoms with Gasteiger partial charge in [-0.3, -0.25) is 0 Å². The molecule has 0 aliphatic heterocycles. The summed E-state index contributed by atoms with van der Waals surface area (Å²) in [5.41, 5.74) is 1.11. The summed E-state index contributed by atoms with van der Waals surface area (Å²) in [7, 11) is 0. The van der Waals surface area contributed by atoms with Gasteiger partial charge in [0.1, 0.15) is 0 Å². The Balaban J connectivity index is 0.000000561. The molecule has 0 spiro atoms. The highest BCUT2D eigenvalue weighted by atomic mass is 16.4. The molecule has 1 N–H and O–H groups in total. The van der Waals surface area contributed by atoms with Crippen LogP contribution < -0.4 is 0 Å². The van der Waals surface area contributed by atoms with E-state index in [0.29, 0.717) is 0 Å². The van der Waals surface area contributed by atoms with E-state index in [4.69, 9.17) is 5.11 Å². The molecular formula is C10H18O2. The van der Waals surface area contributed by atoms with Crippen molar-refractivity contribution >= 4 is 5.97 Å². The number of hydrogen-bond donors (Lipinski definition) is 1. The standard InChI is InChI=1S/C8H12O2.C2H6/c9-8(10)6-7-4-2-1-3-5-7;1-2/h6H,1-5H2,(H,9,10);1-2H3. The fraction of sp³-hybridized carbons (Fsp3) is 0.700. The lowest BCUT2D eigenvalue weighted by atomic mass is 9.95. The zero-order valence-electron chi connectivity index (χ0n) is 7.97. The molecule has 0 bridgehead atoms. The van der Waals surface area contributed by atoms with Crippen molar-refractivity contribution in [3.8, 4) is 0 Å². The van der Waals surface area contributed by atoms with Crippen LogP contribution in [0.15, 0.2) is 11.6 Å². The van der Waals surface area contributed by atoms with E-state index in [1.165, 1.54) is 25.3 Å². The number of carbonyl (C=O) groups is 1. The SMILES string of the molecule is CC.O=C(O)C=C1CCCCC1. The fourth-order valence-corrected chi connectivity index (χ4v) is 1.32. The molecule has 0 aromatic rings. The van der Waals surface area contributed by atoms with Gasteiger partial charge in [0.25, 0.3) is 0 Å². The van der Waals surface area contributed by atoms with Gasteiger partial charge in [-0.15, -0.1) is 0 Å². The first-order valence-corrected chi connectivity index (χ1v) is 4.71. The van der Waals surface area contributed by atoms with E-state index < -0.39 is 5.97 Å². The van der Waals surface area contributed by atoms with Gasteiger partial charge in [-0.1, -0.05) is 25.8 Å². The van der Waals surface area contributed by atoms with Crippen LogP contribution >= 0.6 is 0 Å². The summed E-state index contributed by atoms with van der Waals surface area (Å²) >= 11 is 0. The van der Waals surface area contributed by atoms with Crippen molar-refractivity contribution < 1.29 is 9.90 Å². The van der Waals surface area contributed by atoms with E-state index in [9.17, 15) is 4.79 Å². The van der Waals surface area contributed by atoms with Crippen LogP contribution in [0.4, 0.5) is 0 Å². The second kappa shape index (κ2) is 6.89. The summed E-state index contributed by atoms with van der Waals surface area (Å²) < 4.78 is 0. The van der Waals surface area contributed by atoms with Gasteiger partial charge in [-0.05, 0) is 25.7 Å². The maximum atomic E-state index is 10.2. The summed E-state index contributed by atoms with van der Waals surface area (Å²) in [5.74, 6) is -0.795. The third kappa shape index (κ3) is 4.94. The highest BCUT2D eigenvalue weighted by molar-refractivity contribution is 5.80. The van der Waals surface area contributed by atoms with Crippen LogP contribution in [-0.4, -0.2) is 11.1 Å². The van der Waals surface area contributed by atoms with Crippen LogP contribution in [0.25, 0.3) is 0 Å². The van der Waals surface area contributed by atoms with Gasteiger partial charge in [0.2, 0.25) is 0 Å². The molecule has 0 aromatic carbocycles. The van der Waals surface area contributed by atoms with Crippen molar-refractivity contribution in [1.82, 2.24) is 0 Å². The van der Waals surface area contributed by atoms with E-state index in [1.54, 1.807) is 0 Å². The lowest BCUT2D eigenvalue weighted by molar-refractivity contribution is -0.131. The van der Waals surface area contributed by atoms with Gasteiger partial charge in [0.05, 0.1) is 0 Å². The normalized spacial score (nSPS) is 16.0. The van der Waals surface area contributed by atoms with E-state index in [1.807, 2.05) is 13.8 Å². The summed E-state index contributed by atoms with van der Waals surface area (Å²) in [4.78, 5) is 10.2. The first-order valence-electron chi connectivity index (χ1n) is 4.71.